The molecule has 0 bridgehead atoms. The molecule has 2 aromatic rings. The van der Waals surface area contributed by atoms with Crippen LogP contribution in [0.15, 0.2) is 28.8 Å². The van der Waals surface area contributed by atoms with E-state index in [4.69, 9.17) is 10.2 Å². The second-order valence-corrected chi connectivity index (χ2v) is 2.36. The van der Waals surface area contributed by atoms with Crippen molar-refractivity contribution in [3.63, 3.8) is 0 Å². The second kappa shape index (κ2) is 3.45. The van der Waals surface area contributed by atoms with E-state index >= 15 is 0 Å². The molecule has 0 aromatic carbocycles. The van der Waals surface area contributed by atoms with Crippen LogP contribution in [0.1, 0.15) is 10.6 Å². The van der Waals surface area contributed by atoms with E-state index in [1.807, 2.05) is 0 Å². The largest absolute Gasteiger partial charge is 0.449 e. The second-order valence-electron chi connectivity index (χ2n) is 2.36. The van der Waals surface area contributed by atoms with Crippen LogP contribution >= 0.6 is 12.4 Å². The first-order valence-electron chi connectivity index (χ1n) is 3.42. The Balaban J connectivity index is 0.000000845. The van der Waals surface area contributed by atoms with Crippen molar-refractivity contribution >= 4 is 29.4 Å². The van der Waals surface area contributed by atoms with E-state index < -0.39 is 5.91 Å². The predicted molar refractivity (Wildman–Crippen MR) is 49.8 cm³/mol. The number of nitrogens with two attached hydrogens (primary N) is 1. The van der Waals surface area contributed by atoms with Crippen LogP contribution in [0.25, 0.3) is 11.1 Å². The van der Waals surface area contributed by atoms with E-state index in [9.17, 15) is 4.79 Å². The van der Waals surface area contributed by atoms with Crippen LogP contribution in [0, 0.1) is 0 Å². The van der Waals surface area contributed by atoms with Crippen molar-refractivity contribution in [1.82, 2.24) is 4.98 Å². The average molecular weight is 199 g/mol. The molecule has 4 nitrogen and oxygen atoms in total. The van der Waals surface area contributed by atoms with Crippen molar-refractivity contribution < 1.29 is 9.21 Å². The molecule has 0 aliphatic rings. The molecule has 2 heterocycles. The number of rotatable bonds is 1. The Morgan fingerprint density at radius 3 is 2.92 bits per heavy atom. The maximum absolute atomic E-state index is 10.7. The molecule has 0 saturated heterocycles. The number of aromatic nitrogens is 1. The summed E-state index contributed by atoms with van der Waals surface area (Å²) >= 11 is 0. The van der Waals surface area contributed by atoms with Gasteiger partial charge in [-0.25, -0.2) is 0 Å². The highest BCUT2D eigenvalue weighted by Crippen LogP contribution is 2.15. The average Bonchev–Trinajstić information content (AvgIpc) is 2.46. The number of carbonyl (C=O) groups excluding carboxylic acids is 1. The molecular formula is C8H7ClN2O2. The molecule has 0 unspecified atom stereocenters. The first-order valence-corrected chi connectivity index (χ1v) is 3.42. The highest BCUT2D eigenvalue weighted by Gasteiger charge is 2.07. The number of carbonyl (C=O) groups is 1. The first kappa shape index (κ1) is 9.54. The van der Waals surface area contributed by atoms with Crippen molar-refractivity contribution in [2.75, 3.05) is 0 Å². The van der Waals surface area contributed by atoms with E-state index in [1.165, 1.54) is 6.07 Å². The van der Waals surface area contributed by atoms with Gasteiger partial charge < -0.3 is 10.2 Å². The van der Waals surface area contributed by atoms with Crippen LogP contribution in [-0.2, 0) is 0 Å². The molecule has 2 rings (SSSR count). The number of furan rings is 1. The van der Waals surface area contributed by atoms with Crippen molar-refractivity contribution in [2.24, 2.45) is 5.73 Å². The highest BCUT2D eigenvalue weighted by molar-refractivity contribution is 5.93. The molecule has 0 aliphatic carbocycles. The van der Waals surface area contributed by atoms with Gasteiger partial charge in [-0.2, -0.15) is 0 Å². The zero-order chi connectivity index (χ0) is 8.55. The molecule has 1 amide bonds. The van der Waals surface area contributed by atoms with Crippen LogP contribution in [-0.4, -0.2) is 10.9 Å². The van der Waals surface area contributed by atoms with Crippen molar-refractivity contribution in [2.45, 2.75) is 0 Å². The maximum Gasteiger partial charge on any atom is 0.284 e. The number of amides is 1. The highest BCUT2D eigenvalue weighted by atomic mass is 35.5. The Morgan fingerprint density at radius 2 is 2.31 bits per heavy atom. The van der Waals surface area contributed by atoms with E-state index in [2.05, 4.69) is 4.98 Å². The lowest BCUT2D eigenvalue weighted by Crippen LogP contribution is -2.08. The molecule has 2 N–H and O–H groups in total. The van der Waals surface area contributed by atoms with Gasteiger partial charge in [0.15, 0.2) is 11.3 Å². The number of nitrogens with zero attached hydrogens (tertiary/aromatic N) is 1. The minimum Gasteiger partial charge on any atom is -0.449 e. The zero-order valence-electron chi connectivity index (χ0n) is 6.56. The number of pyridine rings is 1. The van der Waals surface area contributed by atoms with Crippen molar-refractivity contribution in [1.29, 1.82) is 0 Å². The summed E-state index contributed by atoms with van der Waals surface area (Å²) in [6.45, 7) is 0. The smallest absolute Gasteiger partial charge is 0.284 e. The fourth-order valence-corrected chi connectivity index (χ4v) is 0.991. The Morgan fingerprint density at radius 1 is 1.54 bits per heavy atom. The van der Waals surface area contributed by atoms with Crippen LogP contribution < -0.4 is 5.73 Å². The van der Waals surface area contributed by atoms with Crippen LogP contribution in [0.3, 0.4) is 0 Å². The van der Waals surface area contributed by atoms with Gasteiger partial charge in [0, 0.05) is 12.3 Å². The summed E-state index contributed by atoms with van der Waals surface area (Å²) in [4.78, 5) is 14.7. The van der Waals surface area contributed by atoms with Gasteiger partial charge in [0.1, 0.15) is 5.52 Å². The lowest BCUT2D eigenvalue weighted by atomic mass is 10.4. The summed E-state index contributed by atoms with van der Waals surface area (Å²) in [5, 5.41) is 0. The molecule has 0 radical (unpaired) electrons. The monoisotopic (exact) mass is 198 g/mol. The molecule has 0 saturated carbocycles. The van der Waals surface area contributed by atoms with Gasteiger partial charge in [0.05, 0.1) is 0 Å². The van der Waals surface area contributed by atoms with Gasteiger partial charge in [-0.1, -0.05) is 0 Å². The normalized spacial score (nSPS) is 9.54. The third-order valence-electron chi connectivity index (χ3n) is 1.53. The quantitative estimate of drug-likeness (QED) is 0.752. The summed E-state index contributed by atoms with van der Waals surface area (Å²) in [6.07, 6.45) is 1.63. The van der Waals surface area contributed by atoms with Crippen LogP contribution in [0.4, 0.5) is 0 Å². The van der Waals surface area contributed by atoms with Gasteiger partial charge in [0.2, 0.25) is 0 Å². The molecule has 0 fully saturated rings. The predicted octanol–water partition coefficient (Wildman–Crippen LogP) is 1.35. The minimum atomic E-state index is -0.576. The van der Waals surface area contributed by atoms with Crippen molar-refractivity contribution in [3.05, 3.63) is 30.2 Å². The number of halogens is 1. The standard InChI is InChI=1S/C8H6N2O2.ClH/c9-8(11)7-4-5-6(12-7)2-1-3-10-5;/h1-4H,(H2,9,11);1H. The Kier molecular flexibility index (Phi) is 2.53. The molecule has 2 aromatic heterocycles. The van der Waals surface area contributed by atoms with E-state index in [-0.39, 0.29) is 18.2 Å². The summed E-state index contributed by atoms with van der Waals surface area (Å²) in [7, 11) is 0. The zero-order valence-corrected chi connectivity index (χ0v) is 7.38. The van der Waals surface area contributed by atoms with Gasteiger partial charge in [-0.15, -0.1) is 12.4 Å². The van der Waals surface area contributed by atoms with Crippen LogP contribution in [0.2, 0.25) is 0 Å². The molecule has 68 valence electrons. The summed E-state index contributed by atoms with van der Waals surface area (Å²) in [5.74, 6) is -0.434. The Bertz CT molecular complexity index is 405. The van der Waals surface area contributed by atoms with Gasteiger partial charge in [0.25, 0.3) is 5.91 Å². The third kappa shape index (κ3) is 1.62. The maximum atomic E-state index is 10.7. The van der Waals surface area contributed by atoms with Crippen molar-refractivity contribution in [3.8, 4) is 0 Å². The number of primary amides is 1. The van der Waals surface area contributed by atoms with Gasteiger partial charge >= 0.3 is 0 Å². The minimum absolute atomic E-state index is 0. The van der Waals surface area contributed by atoms with Crippen LogP contribution in [0.5, 0.6) is 0 Å². The molecule has 0 spiro atoms. The SMILES string of the molecule is Cl.NC(=O)c1cc2ncccc2o1. The molecule has 0 aliphatic heterocycles. The Labute approximate surface area is 80.1 Å². The van der Waals surface area contributed by atoms with E-state index in [1.54, 1.807) is 18.3 Å². The number of hydrogen-bond acceptors (Lipinski definition) is 3. The topological polar surface area (TPSA) is 69.1 Å². The molecule has 5 heteroatoms. The Hall–Kier alpha value is -1.55. The summed E-state index contributed by atoms with van der Waals surface area (Å²) in [6, 6.07) is 4.99. The molecule has 13 heavy (non-hydrogen) atoms. The first-order chi connectivity index (χ1) is 5.77. The fourth-order valence-electron chi connectivity index (χ4n) is 0.991. The number of fused-ring (bicyclic) bond motifs is 1. The van der Waals surface area contributed by atoms with Gasteiger partial charge in [-0.05, 0) is 12.1 Å². The fraction of sp³-hybridized carbons (Fsp3) is 0. The summed E-state index contributed by atoms with van der Waals surface area (Å²) in [5.41, 5.74) is 6.24. The summed E-state index contributed by atoms with van der Waals surface area (Å²) < 4.78 is 5.09. The molecular weight excluding hydrogens is 192 g/mol. The van der Waals surface area contributed by atoms with E-state index in [0.717, 1.165) is 0 Å². The number of hydrogen-bond donors (Lipinski definition) is 1. The third-order valence-corrected chi connectivity index (χ3v) is 1.53. The lowest BCUT2D eigenvalue weighted by Gasteiger charge is -1.83. The lowest BCUT2D eigenvalue weighted by molar-refractivity contribution is 0.0976. The molecule has 0 atom stereocenters. The van der Waals surface area contributed by atoms with E-state index in [0.29, 0.717) is 11.1 Å². The van der Waals surface area contributed by atoms with Gasteiger partial charge in [-0.3, -0.25) is 9.78 Å².